The molecule has 0 aliphatic rings. The largest absolute Gasteiger partial charge is 0.330 e. The Hall–Kier alpha value is -1.71. The lowest BCUT2D eigenvalue weighted by atomic mass is 10.1. The van der Waals surface area contributed by atoms with Gasteiger partial charge in [0.1, 0.15) is 0 Å². The quantitative estimate of drug-likeness (QED) is 0.681. The molecule has 0 saturated heterocycles. The number of rotatable bonds is 2. The SMILES string of the molecule is CCc1ccc(-c2nnn[n-]2)cc1. The lowest BCUT2D eigenvalue weighted by Crippen LogP contribution is -1.84. The smallest absolute Gasteiger partial charge is 0.0397 e. The van der Waals surface area contributed by atoms with Crippen LogP contribution in [0.3, 0.4) is 0 Å². The summed E-state index contributed by atoms with van der Waals surface area (Å²) in [6, 6.07) is 8.09. The second kappa shape index (κ2) is 3.35. The van der Waals surface area contributed by atoms with E-state index in [-0.39, 0.29) is 0 Å². The lowest BCUT2D eigenvalue weighted by Gasteiger charge is -2.00. The van der Waals surface area contributed by atoms with Gasteiger partial charge >= 0.3 is 0 Å². The zero-order chi connectivity index (χ0) is 9.10. The third-order valence-electron chi connectivity index (χ3n) is 1.94. The van der Waals surface area contributed by atoms with Crippen molar-refractivity contribution in [2.45, 2.75) is 13.3 Å². The van der Waals surface area contributed by atoms with Crippen molar-refractivity contribution in [3.8, 4) is 11.4 Å². The van der Waals surface area contributed by atoms with E-state index in [4.69, 9.17) is 0 Å². The van der Waals surface area contributed by atoms with Crippen molar-refractivity contribution in [3.05, 3.63) is 29.8 Å². The Bertz CT molecular complexity index is 363. The molecule has 0 radical (unpaired) electrons. The van der Waals surface area contributed by atoms with Gasteiger partial charge in [0.25, 0.3) is 0 Å². The number of nitrogens with zero attached hydrogens (tertiary/aromatic N) is 4. The first kappa shape index (κ1) is 7.91. The molecule has 4 heteroatoms. The van der Waals surface area contributed by atoms with E-state index in [2.05, 4.69) is 39.7 Å². The molecule has 0 atom stereocenters. The molecule has 66 valence electrons. The van der Waals surface area contributed by atoms with E-state index < -0.39 is 0 Å². The molecule has 0 amide bonds. The summed E-state index contributed by atoms with van der Waals surface area (Å²) < 4.78 is 0. The topological polar surface area (TPSA) is 52.8 Å². The van der Waals surface area contributed by atoms with Gasteiger partial charge in [-0.3, -0.25) is 10.3 Å². The summed E-state index contributed by atoms with van der Waals surface area (Å²) >= 11 is 0. The molecule has 0 aliphatic carbocycles. The molecule has 1 heterocycles. The van der Waals surface area contributed by atoms with E-state index in [1.807, 2.05) is 12.1 Å². The number of hydrogen-bond donors (Lipinski definition) is 0. The molecule has 0 unspecified atom stereocenters. The molecular formula is C9H9N4-. The average molecular weight is 173 g/mol. The second-order valence-corrected chi connectivity index (χ2v) is 2.75. The fourth-order valence-electron chi connectivity index (χ4n) is 1.15. The lowest BCUT2D eigenvalue weighted by molar-refractivity contribution is 0.871. The minimum Gasteiger partial charge on any atom is -0.330 e. The van der Waals surface area contributed by atoms with Crippen LogP contribution in [-0.2, 0) is 6.42 Å². The molecule has 13 heavy (non-hydrogen) atoms. The Balaban J connectivity index is 2.33. The van der Waals surface area contributed by atoms with E-state index in [9.17, 15) is 0 Å². The van der Waals surface area contributed by atoms with Crippen LogP contribution in [0.1, 0.15) is 12.5 Å². The predicted molar refractivity (Wildman–Crippen MR) is 48.0 cm³/mol. The highest BCUT2D eigenvalue weighted by atomic mass is 15.5. The van der Waals surface area contributed by atoms with Gasteiger partial charge in [0, 0.05) is 5.82 Å². The molecule has 2 aromatic rings. The van der Waals surface area contributed by atoms with Gasteiger partial charge in [0.15, 0.2) is 0 Å². The Morgan fingerprint density at radius 2 is 2.00 bits per heavy atom. The van der Waals surface area contributed by atoms with E-state index >= 15 is 0 Å². The summed E-state index contributed by atoms with van der Waals surface area (Å²) in [5.74, 6) is 0.586. The standard InChI is InChI=1S/C9H9N4/c1-2-7-3-5-8(6-4-7)9-10-12-13-11-9/h3-6H,2H2,1H3/q-1. The molecule has 0 saturated carbocycles. The Morgan fingerprint density at radius 1 is 1.23 bits per heavy atom. The summed E-state index contributed by atoms with van der Waals surface area (Å²) in [7, 11) is 0. The van der Waals surface area contributed by atoms with Crippen LogP contribution in [0.15, 0.2) is 24.3 Å². The normalized spacial score (nSPS) is 10.2. The molecule has 1 aromatic heterocycles. The van der Waals surface area contributed by atoms with Crippen molar-refractivity contribution in [2.75, 3.05) is 0 Å². The zero-order valence-corrected chi connectivity index (χ0v) is 7.31. The van der Waals surface area contributed by atoms with Crippen molar-refractivity contribution in [1.82, 2.24) is 20.6 Å². The minimum atomic E-state index is 0.586. The van der Waals surface area contributed by atoms with Crippen molar-refractivity contribution in [3.63, 3.8) is 0 Å². The molecule has 0 spiro atoms. The van der Waals surface area contributed by atoms with Crippen LogP contribution in [0, 0.1) is 0 Å². The number of benzene rings is 1. The van der Waals surface area contributed by atoms with Crippen LogP contribution in [-0.4, -0.2) is 15.5 Å². The minimum absolute atomic E-state index is 0.586. The first-order valence-corrected chi connectivity index (χ1v) is 4.18. The number of aryl methyl sites for hydroxylation is 1. The first-order valence-electron chi connectivity index (χ1n) is 4.18. The van der Waals surface area contributed by atoms with Crippen LogP contribution in [0.5, 0.6) is 0 Å². The summed E-state index contributed by atoms with van der Waals surface area (Å²) in [4.78, 5) is 0. The molecule has 0 fully saturated rings. The molecule has 4 nitrogen and oxygen atoms in total. The molecule has 1 aromatic carbocycles. The Labute approximate surface area is 76.0 Å². The van der Waals surface area contributed by atoms with Crippen molar-refractivity contribution >= 4 is 0 Å². The van der Waals surface area contributed by atoms with Gasteiger partial charge in [0.05, 0.1) is 0 Å². The molecule has 0 N–H and O–H groups in total. The molecule has 0 bridgehead atoms. The fourth-order valence-corrected chi connectivity index (χ4v) is 1.15. The van der Waals surface area contributed by atoms with E-state index in [0.29, 0.717) is 5.82 Å². The monoisotopic (exact) mass is 173 g/mol. The van der Waals surface area contributed by atoms with E-state index in [1.165, 1.54) is 5.56 Å². The van der Waals surface area contributed by atoms with Crippen molar-refractivity contribution in [2.24, 2.45) is 0 Å². The van der Waals surface area contributed by atoms with Gasteiger partial charge in [-0.05, 0) is 17.5 Å². The summed E-state index contributed by atoms with van der Waals surface area (Å²) in [5, 5.41) is 14.4. The maximum Gasteiger partial charge on any atom is 0.0397 e. The number of hydrogen-bond acceptors (Lipinski definition) is 3. The zero-order valence-electron chi connectivity index (χ0n) is 7.31. The summed E-state index contributed by atoms with van der Waals surface area (Å²) in [6.45, 7) is 2.12. The van der Waals surface area contributed by atoms with Crippen molar-refractivity contribution < 1.29 is 0 Å². The van der Waals surface area contributed by atoms with Gasteiger partial charge < -0.3 is 5.10 Å². The van der Waals surface area contributed by atoms with Gasteiger partial charge in [0.2, 0.25) is 0 Å². The highest BCUT2D eigenvalue weighted by molar-refractivity contribution is 5.53. The van der Waals surface area contributed by atoms with E-state index in [1.54, 1.807) is 0 Å². The number of tetrazole rings is 1. The highest BCUT2D eigenvalue weighted by Gasteiger charge is 1.94. The molecular weight excluding hydrogens is 164 g/mol. The van der Waals surface area contributed by atoms with Crippen LogP contribution >= 0.6 is 0 Å². The van der Waals surface area contributed by atoms with Crippen LogP contribution in [0.2, 0.25) is 0 Å². The second-order valence-electron chi connectivity index (χ2n) is 2.75. The maximum absolute atomic E-state index is 3.77. The first-order chi connectivity index (χ1) is 6.40. The van der Waals surface area contributed by atoms with E-state index in [0.717, 1.165) is 12.0 Å². The van der Waals surface area contributed by atoms with Gasteiger partial charge in [-0.15, -0.1) is 0 Å². The highest BCUT2D eigenvalue weighted by Crippen LogP contribution is 2.13. The average Bonchev–Trinajstić information content (AvgIpc) is 2.71. The third kappa shape index (κ3) is 1.56. The molecule has 0 aliphatic heterocycles. The summed E-state index contributed by atoms with van der Waals surface area (Å²) in [5.41, 5.74) is 2.26. The van der Waals surface area contributed by atoms with Crippen LogP contribution < -0.4 is 5.10 Å². The van der Waals surface area contributed by atoms with Gasteiger partial charge in [-0.25, -0.2) is 0 Å². The summed E-state index contributed by atoms with van der Waals surface area (Å²) in [6.07, 6.45) is 1.04. The Kier molecular flexibility index (Phi) is 2.04. The predicted octanol–water partition coefficient (Wildman–Crippen LogP) is 1.06. The maximum atomic E-state index is 3.77. The third-order valence-corrected chi connectivity index (χ3v) is 1.94. The molecule has 2 rings (SSSR count). The fraction of sp³-hybridized carbons (Fsp3) is 0.222. The Morgan fingerprint density at radius 3 is 2.54 bits per heavy atom. The van der Waals surface area contributed by atoms with Crippen molar-refractivity contribution in [1.29, 1.82) is 0 Å². The van der Waals surface area contributed by atoms with Gasteiger partial charge in [-0.1, -0.05) is 31.2 Å². The van der Waals surface area contributed by atoms with Gasteiger partial charge in [-0.2, -0.15) is 5.21 Å². The van der Waals surface area contributed by atoms with Crippen LogP contribution in [0.4, 0.5) is 0 Å². The number of aromatic nitrogens is 4. The van der Waals surface area contributed by atoms with Crippen LogP contribution in [0.25, 0.3) is 11.4 Å².